The van der Waals surface area contributed by atoms with Gasteiger partial charge < -0.3 is 4.74 Å². The van der Waals surface area contributed by atoms with E-state index < -0.39 is 28.1 Å². The molecule has 0 heterocycles. The minimum absolute atomic E-state index is 0.00576. The molecule has 0 fully saturated rings. The quantitative estimate of drug-likeness (QED) is 0.0901. The fourth-order valence-electron chi connectivity index (χ4n) is 3.98. The third kappa shape index (κ3) is 8.51. The number of benzene rings is 3. The molecule has 2 atom stereocenters. The van der Waals surface area contributed by atoms with Crippen molar-refractivity contribution in [2.24, 2.45) is 0 Å². The van der Waals surface area contributed by atoms with Gasteiger partial charge in [-0.1, -0.05) is 78.4 Å². The fraction of sp³-hybridized carbons (Fsp3) is 0.310. The maximum atomic E-state index is 13.2. The number of nitrogens with zero attached hydrogens (tertiary/aromatic N) is 1. The van der Waals surface area contributed by atoms with E-state index in [-0.39, 0.29) is 17.9 Å². The number of rotatable bonds is 15. The maximum absolute atomic E-state index is 13.2. The second kappa shape index (κ2) is 14.4. The summed E-state index contributed by atoms with van der Waals surface area (Å²) in [7, 11) is -2.91. The van der Waals surface area contributed by atoms with E-state index in [1.807, 2.05) is 37.3 Å². The van der Waals surface area contributed by atoms with Gasteiger partial charge >= 0.3 is 5.97 Å². The molecule has 38 heavy (non-hydrogen) atoms. The van der Waals surface area contributed by atoms with Gasteiger partial charge in [0.05, 0.1) is 18.1 Å². The van der Waals surface area contributed by atoms with Crippen molar-refractivity contribution in [2.45, 2.75) is 49.7 Å². The third-order valence-electron chi connectivity index (χ3n) is 6.02. The van der Waals surface area contributed by atoms with Crippen LogP contribution in [0.5, 0.6) is 0 Å². The van der Waals surface area contributed by atoms with Crippen LogP contribution in [-0.2, 0) is 40.1 Å². The summed E-state index contributed by atoms with van der Waals surface area (Å²) in [6, 6.07) is 24.6. The maximum Gasteiger partial charge on any atom is 0.315 e. The molecular formula is C29H33NO7S. The van der Waals surface area contributed by atoms with Gasteiger partial charge in [0.1, 0.15) is 12.5 Å². The van der Waals surface area contributed by atoms with E-state index in [1.165, 1.54) is 24.3 Å². The molecule has 202 valence electrons. The smallest absolute Gasteiger partial charge is 0.315 e. The minimum atomic E-state index is -4.17. The number of hydrogen-bond donors (Lipinski definition) is 0. The molecule has 8 nitrogen and oxygen atoms in total. The van der Waals surface area contributed by atoms with Crippen molar-refractivity contribution < 1.29 is 31.8 Å². The Kier molecular flexibility index (Phi) is 11.0. The largest absolute Gasteiger partial charge is 0.468 e. The van der Waals surface area contributed by atoms with E-state index in [0.717, 1.165) is 11.1 Å². The predicted molar refractivity (Wildman–Crippen MR) is 142 cm³/mol. The SMILES string of the molecule is COC(=O)C(c1ccccc1)C(CCCCN(C=O)OCc1ccccc1)OS(=O)(=O)c1ccc(C)cc1. The van der Waals surface area contributed by atoms with Crippen LogP contribution in [0.15, 0.2) is 89.8 Å². The number of aryl methyl sites for hydroxylation is 1. The number of carbonyl (C=O) groups excluding carboxylic acids is 2. The predicted octanol–water partition coefficient (Wildman–Crippen LogP) is 4.79. The highest BCUT2D eigenvalue weighted by molar-refractivity contribution is 7.86. The Hall–Kier alpha value is -3.53. The molecule has 0 spiro atoms. The standard InChI is InChI=1S/C29H33NO7S/c1-23-16-18-26(19-17-23)38(33,34)37-27(28(29(32)35-2)25-13-7-4-8-14-25)15-9-10-20-30(22-31)36-21-24-11-5-3-6-12-24/h3-8,11-14,16-19,22,27-28H,9-10,15,20-21H2,1-2H3. The van der Waals surface area contributed by atoms with Crippen LogP contribution < -0.4 is 0 Å². The first-order valence-corrected chi connectivity index (χ1v) is 13.8. The van der Waals surface area contributed by atoms with Gasteiger partial charge in [0.15, 0.2) is 0 Å². The van der Waals surface area contributed by atoms with Crippen LogP contribution >= 0.6 is 0 Å². The Morgan fingerprint density at radius 2 is 1.55 bits per heavy atom. The van der Waals surface area contributed by atoms with Crippen molar-refractivity contribution in [3.05, 3.63) is 102 Å². The summed E-state index contributed by atoms with van der Waals surface area (Å²) < 4.78 is 37.0. The van der Waals surface area contributed by atoms with Crippen molar-refractivity contribution >= 4 is 22.5 Å². The number of ether oxygens (including phenoxy) is 1. The highest BCUT2D eigenvalue weighted by Gasteiger charge is 2.35. The van der Waals surface area contributed by atoms with Gasteiger partial charge in [0, 0.05) is 6.54 Å². The van der Waals surface area contributed by atoms with E-state index in [0.29, 0.717) is 31.4 Å². The molecule has 3 aromatic carbocycles. The molecule has 1 amide bonds. The van der Waals surface area contributed by atoms with Crippen LogP contribution in [0.1, 0.15) is 41.9 Å². The van der Waals surface area contributed by atoms with Gasteiger partial charge in [-0.05, 0) is 49.4 Å². The third-order valence-corrected chi connectivity index (χ3v) is 7.37. The monoisotopic (exact) mass is 539 g/mol. The summed E-state index contributed by atoms with van der Waals surface area (Å²) in [5.41, 5.74) is 2.42. The second-order valence-corrected chi connectivity index (χ2v) is 10.4. The van der Waals surface area contributed by atoms with Gasteiger partial charge in [-0.3, -0.25) is 18.6 Å². The number of unbranched alkanes of at least 4 members (excludes halogenated alkanes) is 1. The number of carbonyl (C=O) groups is 2. The highest BCUT2D eigenvalue weighted by atomic mass is 32.2. The Morgan fingerprint density at radius 3 is 2.16 bits per heavy atom. The lowest BCUT2D eigenvalue weighted by Gasteiger charge is -2.26. The fourth-order valence-corrected chi connectivity index (χ4v) is 5.09. The van der Waals surface area contributed by atoms with E-state index >= 15 is 0 Å². The van der Waals surface area contributed by atoms with E-state index in [9.17, 15) is 18.0 Å². The molecule has 0 saturated heterocycles. The molecule has 3 aromatic rings. The summed E-state index contributed by atoms with van der Waals surface area (Å²) in [6.45, 7) is 2.40. The van der Waals surface area contributed by atoms with E-state index in [4.69, 9.17) is 13.8 Å². The van der Waals surface area contributed by atoms with Crippen molar-refractivity contribution in [3.63, 3.8) is 0 Å². The highest BCUT2D eigenvalue weighted by Crippen LogP contribution is 2.30. The summed E-state index contributed by atoms with van der Waals surface area (Å²) in [6.07, 6.45) is 0.783. The average molecular weight is 540 g/mol. The average Bonchev–Trinajstić information content (AvgIpc) is 2.93. The number of hydrogen-bond acceptors (Lipinski definition) is 7. The molecule has 0 N–H and O–H groups in total. The van der Waals surface area contributed by atoms with Gasteiger partial charge in [-0.25, -0.2) is 5.06 Å². The first-order valence-electron chi connectivity index (χ1n) is 12.4. The molecule has 3 rings (SSSR count). The second-order valence-electron chi connectivity index (χ2n) is 8.81. The van der Waals surface area contributed by atoms with Gasteiger partial charge in [-0.15, -0.1) is 0 Å². The lowest BCUT2D eigenvalue weighted by Crippen LogP contribution is -2.32. The Bertz CT molecular complexity index is 1250. The first kappa shape index (κ1) is 29.0. The van der Waals surface area contributed by atoms with Crippen molar-refractivity contribution in [1.29, 1.82) is 0 Å². The van der Waals surface area contributed by atoms with Crippen LogP contribution in [0.25, 0.3) is 0 Å². The molecule has 9 heteroatoms. The van der Waals surface area contributed by atoms with Crippen molar-refractivity contribution in [2.75, 3.05) is 13.7 Å². The summed E-state index contributed by atoms with van der Waals surface area (Å²) >= 11 is 0. The van der Waals surface area contributed by atoms with Crippen molar-refractivity contribution in [1.82, 2.24) is 5.06 Å². The van der Waals surface area contributed by atoms with Gasteiger partial charge in [0.2, 0.25) is 6.41 Å². The van der Waals surface area contributed by atoms with Gasteiger partial charge in [0.25, 0.3) is 10.1 Å². The topological polar surface area (TPSA) is 99.2 Å². The van der Waals surface area contributed by atoms with Gasteiger partial charge in [-0.2, -0.15) is 8.42 Å². The first-order chi connectivity index (χ1) is 18.3. The zero-order valence-corrected chi connectivity index (χ0v) is 22.4. The molecule has 2 unspecified atom stereocenters. The van der Waals surface area contributed by atoms with E-state index in [2.05, 4.69) is 0 Å². The lowest BCUT2D eigenvalue weighted by molar-refractivity contribution is -0.177. The lowest BCUT2D eigenvalue weighted by atomic mass is 9.90. The Labute approximate surface area is 224 Å². The van der Waals surface area contributed by atoms with E-state index in [1.54, 1.807) is 42.5 Å². The van der Waals surface area contributed by atoms with Crippen LogP contribution in [0.2, 0.25) is 0 Å². The molecule has 0 radical (unpaired) electrons. The summed E-state index contributed by atoms with van der Waals surface area (Å²) in [5, 5.41) is 1.21. The van der Waals surface area contributed by atoms with Crippen LogP contribution in [0.3, 0.4) is 0 Å². The van der Waals surface area contributed by atoms with Crippen LogP contribution in [0.4, 0.5) is 0 Å². The summed E-state index contributed by atoms with van der Waals surface area (Å²) in [4.78, 5) is 29.9. The molecule has 0 saturated carbocycles. The molecule has 0 aliphatic carbocycles. The van der Waals surface area contributed by atoms with Crippen LogP contribution in [0, 0.1) is 6.92 Å². The zero-order chi connectivity index (χ0) is 27.4. The normalized spacial score (nSPS) is 12.9. The van der Waals surface area contributed by atoms with Crippen molar-refractivity contribution in [3.8, 4) is 0 Å². The van der Waals surface area contributed by atoms with Crippen LogP contribution in [-0.4, -0.2) is 45.6 Å². The summed E-state index contributed by atoms with van der Waals surface area (Å²) in [5.74, 6) is -1.56. The number of methoxy groups -OCH3 is 1. The molecule has 0 aliphatic rings. The number of amides is 1. The Balaban J connectivity index is 1.72. The minimum Gasteiger partial charge on any atom is -0.468 e. The Morgan fingerprint density at radius 1 is 0.921 bits per heavy atom. The molecule has 0 aliphatic heterocycles. The molecular weight excluding hydrogens is 506 g/mol. The number of hydroxylamine groups is 2. The molecule has 0 bridgehead atoms. The number of esters is 1. The molecule has 0 aromatic heterocycles. The zero-order valence-electron chi connectivity index (χ0n) is 21.6.